The van der Waals surface area contributed by atoms with Crippen molar-refractivity contribution < 1.29 is 9.53 Å². The van der Waals surface area contributed by atoms with Crippen molar-refractivity contribution in [3.8, 4) is 5.88 Å². The first-order valence-electron chi connectivity index (χ1n) is 6.34. The third-order valence-corrected chi connectivity index (χ3v) is 3.33. The summed E-state index contributed by atoms with van der Waals surface area (Å²) in [5.41, 5.74) is 2.71. The zero-order chi connectivity index (χ0) is 13.9. The van der Waals surface area contributed by atoms with Gasteiger partial charge in [0.05, 0.1) is 13.7 Å². The molecule has 0 N–H and O–H groups in total. The standard InChI is InChI=1S/C16H14N2O2/c1-20-16-12(5-4-8-17-16)9-18-10-13(11-19)14-6-2-3-7-15(14)18/h2-8,10-11H,9H2,1H3. The van der Waals surface area contributed by atoms with Crippen LogP contribution in [0.3, 0.4) is 0 Å². The maximum Gasteiger partial charge on any atom is 0.218 e. The van der Waals surface area contributed by atoms with Gasteiger partial charge in [-0.25, -0.2) is 4.98 Å². The number of carbonyl (C=O) groups excluding carboxylic acids is 1. The number of aromatic nitrogens is 2. The maximum absolute atomic E-state index is 11.2. The molecule has 0 fully saturated rings. The van der Waals surface area contributed by atoms with Crippen LogP contribution in [0.1, 0.15) is 15.9 Å². The van der Waals surface area contributed by atoms with Crippen molar-refractivity contribution in [3.63, 3.8) is 0 Å². The van der Waals surface area contributed by atoms with E-state index in [-0.39, 0.29) is 0 Å². The number of aldehydes is 1. The number of benzene rings is 1. The molecule has 0 amide bonds. The van der Waals surface area contributed by atoms with Gasteiger partial charge in [-0.05, 0) is 12.1 Å². The maximum atomic E-state index is 11.2. The van der Waals surface area contributed by atoms with Crippen LogP contribution >= 0.6 is 0 Å². The summed E-state index contributed by atoms with van der Waals surface area (Å²) in [5, 5.41) is 0.963. The predicted octanol–water partition coefficient (Wildman–Crippen LogP) is 2.91. The van der Waals surface area contributed by atoms with Gasteiger partial charge in [-0.2, -0.15) is 0 Å². The van der Waals surface area contributed by atoms with Crippen LogP contribution in [0.25, 0.3) is 10.9 Å². The fourth-order valence-corrected chi connectivity index (χ4v) is 2.41. The molecule has 4 nitrogen and oxygen atoms in total. The van der Waals surface area contributed by atoms with Gasteiger partial charge in [0, 0.05) is 34.4 Å². The number of nitrogens with zero attached hydrogens (tertiary/aromatic N) is 2. The van der Waals surface area contributed by atoms with Gasteiger partial charge >= 0.3 is 0 Å². The molecule has 0 radical (unpaired) electrons. The van der Waals surface area contributed by atoms with Crippen molar-refractivity contribution in [1.82, 2.24) is 9.55 Å². The molecule has 0 saturated carbocycles. The third-order valence-electron chi connectivity index (χ3n) is 3.33. The highest BCUT2D eigenvalue weighted by molar-refractivity contribution is 5.97. The third kappa shape index (κ3) is 2.05. The van der Waals surface area contributed by atoms with E-state index in [0.717, 1.165) is 22.8 Å². The summed E-state index contributed by atoms with van der Waals surface area (Å²) in [6.07, 6.45) is 4.45. The Morgan fingerprint density at radius 2 is 2.10 bits per heavy atom. The van der Waals surface area contributed by atoms with E-state index >= 15 is 0 Å². The van der Waals surface area contributed by atoms with Gasteiger partial charge in [-0.15, -0.1) is 0 Å². The van der Waals surface area contributed by atoms with E-state index in [4.69, 9.17) is 4.74 Å². The van der Waals surface area contributed by atoms with Crippen LogP contribution in [0, 0.1) is 0 Å². The molecule has 0 unspecified atom stereocenters. The Labute approximate surface area is 116 Å². The van der Waals surface area contributed by atoms with Gasteiger partial charge < -0.3 is 9.30 Å². The van der Waals surface area contributed by atoms with Crippen molar-refractivity contribution in [2.24, 2.45) is 0 Å². The number of hydrogen-bond acceptors (Lipinski definition) is 3. The normalized spacial score (nSPS) is 10.7. The largest absolute Gasteiger partial charge is 0.481 e. The minimum atomic E-state index is 0.609. The summed E-state index contributed by atoms with van der Waals surface area (Å²) in [6, 6.07) is 11.7. The second-order valence-electron chi connectivity index (χ2n) is 4.52. The molecule has 0 aliphatic carbocycles. The Hall–Kier alpha value is -2.62. The van der Waals surface area contributed by atoms with E-state index in [9.17, 15) is 4.79 Å². The number of fused-ring (bicyclic) bond motifs is 1. The Kier molecular flexibility index (Phi) is 3.21. The predicted molar refractivity (Wildman–Crippen MR) is 77.2 cm³/mol. The van der Waals surface area contributed by atoms with Crippen molar-refractivity contribution in [1.29, 1.82) is 0 Å². The molecule has 0 bridgehead atoms. The van der Waals surface area contributed by atoms with Crippen molar-refractivity contribution in [2.75, 3.05) is 7.11 Å². The first kappa shape index (κ1) is 12.4. The van der Waals surface area contributed by atoms with Gasteiger partial charge in [-0.3, -0.25) is 4.79 Å². The molecule has 3 rings (SSSR count). The quantitative estimate of drug-likeness (QED) is 0.682. The Morgan fingerprint density at radius 3 is 2.90 bits per heavy atom. The molecular formula is C16H14N2O2. The highest BCUT2D eigenvalue weighted by Crippen LogP contribution is 2.23. The van der Waals surface area contributed by atoms with Crippen LogP contribution < -0.4 is 4.74 Å². The van der Waals surface area contributed by atoms with E-state index in [2.05, 4.69) is 4.98 Å². The molecule has 4 heteroatoms. The molecular weight excluding hydrogens is 252 g/mol. The number of pyridine rings is 1. The van der Waals surface area contributed by atoms with Gasteiger partial charge in [-0.1, -0.05) is 24.3 Å². The first-order chi connectivity index (χ1) is 9.83. The lowest BCUT2D eigenvalue weighted by Crippen LogP contribution is -2.01. The number of hydrogen-bond donors (Lipinski definition) is 0. The highest BCUT2D eigenvalue weighted by atomic mass is 16.5. The second kappa shape index (κ2) is 5.17. The van der Waals surface area contributed by atoms with E-state index in [1.165, 1.54) is 0 Å². The Balaban J connectivity index is 2.09. The number of ether oxygens (including phenoxy) is 1. The van der Waals surface area contributed by atoms with E-state index in [1.54, 1.807) is 13.3 Å². The summed E-state index contributed by atoms with van der Waals surface area (Å²) in [4.78, 5) is 15.4. The molecule has 0 aliphatic heterocycles. The van der Waals surface area contributed by atoms with Gasteiger partial charge in [0.1, 0.15) is 0 Å². The van der Waals surface area contributed by atoms with Gasteiger partial charge in [0.15, 0.2) is 6.29 Å². The zero-order valence-electron chi connectivity index (χ0n) is 11.1. The number of carbonyl (C=O) groups is 1. The molecule has 0 aliphatic rings. The van der Waals surface area contributed by atoms with E-state index in [1.807, 2.05) is 47.2 Å². The Bertz CT molecular complexity index is 762. The monoisotopic (exact) mass is 266 g/mol. The molecule has 20 heavy (non-hydrogen) atoms. The molecule has 3 aromatic rings. The lowest BCUT2D eigenvalue weighted by atomic mass is 10.2. The van der Waals surface area contributed by atoms with Crippen LogP contribution in [0.4, 0.5) is 0 Å². The minimum Gasteiger partial charge on any atom is -0.481 e. The Morgan fingerprint density at radius 1 is 1.25 bits per heavy atom. The average molecular weight is 266 g/mol. The van der Waals surface area contributed by atoms with Crippen molar-refractivity contribution in [3.05, 3.63) is 59.9 Å². The van der Waals surface area contributed by atoms with Crippen LogP contribution in [0.5, 0.6) is 5.88 Å². The smallest absolute Gasteiger partial charge is 0.218 e. The fourth-order valence-electron chi connectivity index (χ4n) is 2.41. The molecule has 2 aromatic heterocycles. The average Bonchev–Trinajstić information content (AvgIpc) is 2.86. The number of rotatable bonds is 4. The summed E-state index contributed by atoms with van der Waals surface area (Å²) in [7, 11) is 1.61. The number of para-hydroxylation sites is 1. The number of methoxy groups -OCH3 is 1. The molecule has 1 aromatic carbocycles. The lowest BCUT2D eigenvalue weighted by Gasteiger charge is -2.09. The topological polar surface area (TPSA) is 44.1 Å². The van der Waals surface area contributed by atoms with Crippen LogP contribution in [-0.2, 0) is 6.54 Å². The summed E-state index contributed by atoms with van der Waals surface area (Å²) in [5.74, 6) is 0.609. The SMILES string of the molecule is COc1ncccc1Cn1cc(C=O)c2ccccc21. The molecule has 2 heterocycles. The van der Waals surface area contributed by atoms with Crippen molar-refractivity contribution in [2.45, 2.75) is 6.54 Å². The van der Waals surface area contributed by atoms with Crippen LogP contribution in [0.15, 0.2) is 48.8 Å². The van der Waals surface area contributed by atoms with Crippen LogP contribution in [-0.4, -0.2) is 22.9 Å². The van der Waals surface area contributed by atoms with Crippen molar-refractivity contribution >= 4 is 17.2 Å². The van der Waals surface area contributed by atoms with E-state index < -0.39 is 0 Å². The van der Waals surface area contributed by atoms with Gasteiger partial charge in [0.2, 0.25) is 5.88 Å². The second-order valence-corrected chi connectivity index (χ2v) is 4.52. The van der Waals surface area contributed by atoms with E-state index in [0.29, 0.717) is 18.0 Å². The molecule has 0 atom stereocenters. The summed E-state index contributed by atoms with van der Waals surface area (Å²) < 4.78 is 7.31. The fraction of sp³-hybridized carbons (Fsp3) is 0.125. The lowest BCUT2D eigenvalue weighted by molar-refractivity contribution is 0.112. The first-order valence-corrected chi connectivity index (χ1v) is 6.34. The van der Waals surface area contributed by atoms with Gasteiger partial charge in [0.25, 0.3) is 0 Å². The summed E-state index contributed by atoms with van der Waals surface area (Å²) >= 11 is 0. The molecule has 0 saturated heterocycles. The minimum absolute atomic E-state index is 0.609. The molecule has 100 valence electrons. The van der Waals surface area contributed by atoms with Crippen LogP contribution in [0.2, 0.25) is 0 Å². The highest BCUT2D eigenvalue weighted by Gasteiger charge is 2.10. The summed E-state index contributed by atoms with van der Waals surface area (Å²) in [6.45, 7) is 0.616. The zero-order valence-corrected chi connectivity index (χ0v) is 11.1. The molecule has 0 spiro atoms.